The maximum absolute atomic E-state index is 10.6. The molecule has 22 heavy (non-hydrogen) atoms. The van der Waals surface area contributed by atoms with E-state index in [1.807, 2.05) is 60.7 Å². The van der Waals surface area contributed by atoms with Gasteiger partial charge in [-0.05, 0) is 6.42 Å². The summed E-state index contributed by atoms with van der Waals surface area (Å²) in [7, 11) is 0. The number of rotatable bonds is 5. The highest BCUT2D eigenvalue weighted by Crippen LogP contribution is 2.32. The molecule has 0 radical (unpaired) electrons. The van der Waals surface area contributed by atoms with Gasteiger partial charge in [-0.25, -0.2) is 4.98 Å². The van der Waals surface area contributed by atoms with Gasteiger partial charge in [-0.15, -0.1) is 0 Å². The molecular formula is C18H14NO3-. The molecule has 1 aromatic heterocycles. The van der Waals surface area contributed by atoms with E-state index in [-0.39, 0.29) is 12.8 Å². The number of aromatic nitrogens is 1. The number of nitrogens with zero attached hydrogens (tertiary/aromatic N) is 1. The number of carboxylic acid groups (broad SMARTS) is 1. The molecule has 0 amide bonds. The summed E-state index contributed by atoms with van der Waals surface area (Å²) in [4.78, 5) is 15.1. The summed E-state index contributed by atoms with van der Waals surface area (Å²) in [5.74, 6) is -0.0530. The summed E-state index contributed by atoms with van der Waals surface area (Å²) in [5.41, 5.74) is 2.57. The van der Waals surface area contributed by atoms with Gasteiger partial charge in [0.1, 0.15) is 5.69 Å². The molecule has 1 heterocycles. The van der Waals surface area contributed by atoms with Crippen molar-refractivity contribution in [2.45, 2.75) is 12.8 Å². The molecule has 0 bridgehead atoms. The fourth-order valence-corrected chi connectivity index (χ4v) is 2.26. The van der Waals surface area contributed by atoms with Crippen LogP contribution in [0.4, 0.5) is 0 Å². The van der Waals surface area contributed by atoms with E-state index in [4.69, 9.17) is 4.42 Å². The number of aliphatic carboxylic acids is 1. The highest BCUT2D eigenvalue weighted by molar-refractivity contribution is 5.76. The number of carboxylic acids is 1. The third-order valence-corrected chi connectivity index (χ3v) is 3.30. The third-order valence-electron chi connectivity index (χ3n) is 3.30. The Morgan fingerprint density at radius 3 is 2.14 bits per heavy atom. The first-order valence-corrected chi connectivity index (χ1v) is 7.04. The van der Waals surface area contributed by atoms with E-state index in [2.05, 4.69) is 4.98 Å². The van der Waals surface area contributed by atoms with E-state index >= 15 is 0 Å². The normalized spacial score (nSPS) is 10.5. The molecule has 2 aromatic carbocycles. The first kappa shape index (κ1) is 14.1. The lowest BCUT2D eigenvalue weighted by atomic mass is 10.1. The minimum absolute atomic E-state index is 0.108. The maximum Gasteiger partial charge on any atom is 0.195 e. The molecule has 3 rings (SSSR count). The third kappa shape index (κ3) is 3.06. The molecule has 0 aliphatic carbocycles. The molecule has 0 saturated heterocycles. The number of aryl methyl sites for hydroxylation is 1. The SMILES string of the molecule is O=C([O-])CCc1nc(-c2ccccc2)c(-c2ccccc2)o1. The fraction of sp³-hybridized carbons (Fsp3) is 0.111. The molecule has 0 fully saturated rings. The molecule has 110 valence electrons. The highest BCUT2D eigenvalue weighted by Gasteiger charge is 2.16. The molecule has 0 unspecified atom stereocenters. The predicted molar refractivity (Wildman–Crippen MR) is 80.7 cm³/mol. The molecule has 0 aliphatic rings. The second kappa shape index (κ2) is 6.26. The van der Waals surface area contributed by atoms with Crippen molar-refractivity contribution in [2.24, 2.45) is 0 Å². The van der Waals surface area contributed by atoms with Crippen LogP contribution in [0.15, 0.2) is 65.1 Å². The van der Waals surface area contributed by atoms with Crippen LogP contribution in [0.2, 0.25) is 0 Å². The van der Waals surface area contributed by atoms with E-state index in [0.717, 1.165) is 16.8 Å². The molecule has 0 saturated carbocycles. The Balaban J connectivity index is 2.04. The van der Waals surface area contributed by atoms with Crippen molar-refractivity contribution in [2.75, 3.05) is 0 Å². The van der Waals surface area contributed by atoms with Gasteiger partial charge in [0.05, 0.1) is 0 Å². The zero-order chi connectivity index (χ0) is 15.4. The van der Waals surface area contributed by atoms with Gasteiger partial charge in [0.25, 0.3) is 0 Å². The lowest BCUT2D eigenvalue weighted by molar-refractivity contribution is -0.305. The van der Waals surface area contributed by atoms with Crippen molar-refractivity contribution < 1.29 is 14.3 Å². The van der Waals surface area contributed by atoms with Gasteiger partial charge >= 0.3 is 0 Å². The Labute approximate surface area is 128 Å². The zero-order valence-corrected chi connectivity index (χ0v) is 11.9. The standard InChI is InChI=1S/C18H15NO3/c20-16(21)12-11-15-19-17(13-7-3-1-4-8-13)18(22-15)14-9-5-2-6-10-14/h1-10H,11-12H2,(H,20,21)/p-1. The number of carbonyl (C=O) groups excluding carboxylic acids is 1. The molecular weight excluding hydrogens is 278 g/mol. The summed E-state index contributed by atoms with van der Waals surface area (Å²) in [6.07, 6.45) is 0.109. The van der Waals surface area contributed by atoms with Crippen molar-refractivity contribution in [3.63, 3.8) is 0 Å². The zero-order valence-electron chi connectivity index (χ0n) is 11.9. The first-order chi connectivity index (χ1) is 10.7. The van der Waals surface area contributed by atoms with Gasteiger partial charge in [-0.1, -0.05) is 60.7 Å². The van der Waals surface area contributed by atoms with E-state index in [1.54, 1.807) is 0 Å². The largest absolute Gasteiger partial charge is 0.550 e. The van der Waals surface area contributed by atoms with Crippen LogP contribution in [0.25, 0.3) is 22.6 Å². The summed E-state index contributed by atoms with van der Waals surface area (Å²) in [6.45, 7) is 0. The van der Waals surface area contributed by atoms with Crippen LogP contribution in [-0.2, 0) is 11.2 Å². The average Bonchev–Trinajstić information content (AvgIpc) is 2.99. The Morgan fingerprint density at radius 2 is 1.55 bits per heavy atom. The Morgan fingerprint density at radius 1 is 0.955 bits per heavy atom. The Hall–Kier alpha value is -2.88. The molecule has 3 aromatic rings. The number of carbonyl (C=O) groups is 1. The van der Waals surface area contributed by atoms with Crippen molar-refractivity contribution in [1.29, 1.82) is 0 Å². The highest BCUT2D eigenvalue weighted by atomic mass is 16.4. The lowest BCUT2D eigenvalue weighted by Gasteiger charge is -2.00. The van der Waals surface area contributed by atoms with Crippen molar-refractivity contribution >= 4 is 5.97 Å². The monoisotopic (exact) mass is 292 g/mol. The van der Waals surface area contributed by atoms with Crippen LogP contribution in [-0.4, -0.2) is 11.0 Å². The molecule has 0 atom stereocenters. The van der Waals surface area contributed by atoms with Crippen LogP contribution in [0, 0.1) is 0 Å². The second-order valence-electron chi connectivity index (χ2n) is 4.89. The van der Waals surface area contributed by atoms with Crippen molar-refractivity contribution in [3.05, 3.63) is 66.6 Å². The smallest absolute Gasteiger partial charge is 0.195 e. The van der Waals surface area contributed by atoms with Crippen LogP contribution in [0.5, 0.6) is 0 Å². The molecule has 4 nitrogen and oxygen atoms in total. The number of oxazole rings is 1. The first-order valence-electron chi connectivity index (χ1n) is 7.04. The van der Waals surface area contributed by atoms with Crippen LogP contribution < -0.4 is 5.11 Å². The Kier molecular flexibility index (Phi) is 4.01. The van der Waals surface area contributed by atoms with Gasteiger partial charge in [-0.3, -0.25) is 0 Å². The van der Waals surface area contributed by atoms with Gasteiger partial charge in [-0.2, -0.15) is 0 Å². The number of benzene rings is 2. The fourth-order valence-electron chi connectivity index (χ4n) is 2.26. The summed E-state index contributed by atoms with van der Waals surface area (Å²) >= 11 is 0. The number of hydrogen-bond donors (Lipinski definition) is 0. The van der Waals surface area contributed by atoms with E-state index in [0.29, 0.717) is 11.7 Å². The van der Waals surface area contributed by atoms with Gasteiger partial charge in [0, 0.05) is 23.5 Å². The topological polar surface area (TPSA) is 66.2 Å². The van der Waals surface area contributed by atoms with E-state index in [9.17, 15) is 9.90 Å². The van der Waals surface area contributed by atoms with Gasteiger partial charge < -0.3 is 14.3 Å². The Bertz CT molecular complexity index is 707. The van der Waals surface area contributed by atoms with Crippen LogP contribution >= 0.6 is 0 Å². The summed E-state index contributed by atoms with van der Waals surface area (Å²) in [6, 6.07) is 19.4. The molecule has 4 heteroatoms. The molecule has 0 N–H and O–H groups in total. The lowest BCUT2D eigenvalue weighted by Crippen LogP contribution is -2.22. The minimum atomic E-state index is -1.11. The quantitative estimate of drug-likeness (QED) is 0.725. The van der Waals surface area contributed by atoms with Crippen molar-refractivity contribution in [1.82, 2.24) is 4.98 Å². The number of hydrogen-bond acceptors (Lipinski definition) is 4. The van der Waals surface area contributed by atoms with Crippen molar-refractivity contribution in [3.8, 4) is 22.6 Å². The summed E-state index contributed by atoms with van der Waals surface area (Å²) in [5, 5.41) is 10.6. The maximum atomic E-state index is 10.6. The van der Waals surface area contributed by atoms with E-state index in [1.165, 1.54) is 0 Å². The second-order valence-corrected chi connectivity index (χ2v) is 4.89. The predicted octanol–water partition coefficient (Wildman–Crippen LogP) is 2.69. The van der Waals surface area contributed by atoms with Crippen LogP contribution in [0.3, 0.4) is 0 Å². The van der Waals surface area contributed by atoms with Gasteiger partial charge in [0.2, 0.25) is 0 Å². The van der Waals surface area contributed by atoms with Gasteiger partial charge in [0.15, 0.2) is 11.7 Å². The average molecular weight is 292 g/mol. The summed E-state index contributed by atoms with van der Waals surface area (Å²) < 4.78 is 5.80. The molecule has 0 spiro atoms. The van der Waals surface area contributed by atoms with E-state index < -0.39 is 5.97 Å². The van der Waals surface area contributed by atoms with Crippen LogP contribution in [0.1, 0.15) is 12.3 Å². The molecule has 0 aliphatic heterocycles. The minimum Gasteiger partial charge on any atom is -0.550 e.